The summed E-state index contributed by atoms with van der Waals surface area (Å²) in [6, 6.07) is 7.19. The van der Waals surface area contributed by atoms with Crippen molar-refractivity contribution < 1.29 is 17.7 Å². The van der Waals surface area contributed by atoms with E-state index in [1.807, 2.05) is 18.2 Å². The summed E-state index contributed by atoms with van der Waals surface area (Å²) in [5, 5.41) is 18.9. The Morgan fingerprint density at radius 3 is 2.86 bits per heavy atom. The number of nitrogens with one attached hydrogen (secondary N) is 2. The molecule has 1 aliphatic carbocycles. The predicted molar refractivity (Wildman–Crippen MR) is 107 cm³/mol. The number of nitrogens with two attached hydrogens (primary N) is 1. The molecule has 3 aromatic rings. The van der Waals surface area contributed by atoms with Gasteiger partial charge in [-0.3, -0.25) is 4.18 Å². The minimum absolute atomic E-state index is 0.141. The summed E-state index contributed by atoms with van der Waals surface area (Å²) >= 11 is 6.25. The van der Waals surface area contributed by atoms with Crippen LogP contribution >= 0.6 is 11.6 Å². The number of rotatable bonds is 6. The Labute approximate surface area is 171 Å². The van der Waals surface area contributed by atoms with Gasteiger partial charge in [0.05, 0.1) is 17.7 Å². The molecule has 0 saturated heterocycles. The van der Waals surface area contributed by atoms with E-state index < -0.39 is 16.4 Å². The van der Waals surface area contributed by atoms with E-state index in [2.05, 4.69) is 29.4 Å². The fourth-order valence-corrected chi connectivity index (χ4v) is 4.08. The average Bonchev–Trinajstić information content (AvgIpc) is 3.24. The number of halogens is 1. The van der Waals surface area contributed by atoms with Crippen LogP contribution in [0.15, 0.2) is 30.6 Å². The lowest BCUT2D eigenvalue weighted by Crippen LogP contribution is -2.24. The van der Waals surface area contributed by atoms with Crippen LogP contribution in [0.5, 0.6) is 0 Å². The van der Waals surface area contributed by atoms with E-state index in [1.165, 1.54) is 6.33 Å². The Morgan fingerprint density at radius 2 is 2.10 bits per heavy atom. The molecular formula is C17H19ClN6O4S. The van der Waals surface area contributed by atoms with Crippen molar-refractivity contribution in [3.8, 4) is 11.4 Å². The molecule has 29 heavy (non-hydrogen) atoms. The summed E-state index contributed by atoms with van der Waals surface area (Å²) in [4.78, 5) is 16.2. The third-order valence-corrected chi connectivity index (χ3v) is 5.65. The minimum Gasteiger partial charge on any atom is -0.393 e. The molecule has 2 aromatic heterocycles. The van der Waals surface area contributed by atoms with E-state index in [0.717, 1.165) is 5.56 Å². The van der Waals surface area contributed by atoms with Crippen LogP contribution in [-0.4, -0.2) is 52.2 Å². The van der Waals surface area contributed by atoms with Gasteiger partial charge >= 0.3 is 10.3 Å². The molecule has 1 fully saturated rings. The Balaban J connectivity index is 1.54. The number of aliphatic hydroxyl groups excluding tert-OH is 1. The van der Waals surface area contributed by atoms with Gasteiger partial charge in [-0.05, 0) is 25.0 Å². The highest BCUT2D eigenvalue weighted by Gasteiger charge is 2.34. The number of aromatic amines is 1. The zero-order valence-electron chi connectivity index (χ0n) is 15.1. The number of imidazole rings is 1. The number of anilines is 1. The maximum atomic E-state index is 11.0. The number of fused-ring (bicyclic) bond motifs is 1. The fraction of sp³-hybridized carbons (Fsp3) is 0.353. The van der Waals surface area contributed by atoms with Gasteiger partial charge in [-0.2, -0.15) is 8.42 Å². The Hall–Kier alpha value is -2.31. The van der Waals surface area contributed by atoms with Gasteiger partial charge in [0.15, 0.2) is 17.0 Å². The number of benzene rings is 1. The molecule has 1 aliphatic rings. The van der Waals surface area contributed by atoms with Gasteiger partial charge in [0.25, 0.3) is 0 Å². The topological polar surface area (TPSA) is 156 Å². The normalized spacial score (nSPS) is 22.2. The third kappa shape index (κ3) is 4.49. The summed E-state index contributed by atoms with van der Waals surface area (Å²) in [7, 11) is -4.04. The Kier molecular flexibility index (Phi) is 5.40. The van der Waals surface area contributed by atoms with Crippen molar-refractivity contribution in [2.75, 3.05) is 11.9 Å². The van der Waals surface area contributed by atoms with Crippen molar-refractivity contribution in [3.63, 3.8) is 0 Å². The molecule has 154 valence electrons. The molecule has 12 heteroatoms. The summed E-state index contributed by atoms with van der Waals surface area (Å²) < 4.78 is 26.6. The van der Waals surface area contributed by atoms with Gasteiger partial charge in [-0.15, -0.1) is 0 Å². The van der Waals surface area contributed by atoms with Gasteiger partial charge < -0.3 is 15.4 Å². The first-order valence-electron chi connectivity index (χ1n) is 8.87. The number of H-pyrrole nitrogens is 1. The van der Waals surface area contributed by atoms with Crippen LogP contribution in [0.1, 0.15) is 12.8 Å². The van der Waals surface area contributed by atoms with Gasteiger partial charge in [0, 0.05) is 17.5 Å². The molecule has 0 radical (unpaired) electrons. The van der Waals surface area contributed by atoms with Gasteiger partial charge in [-0.1, -0.05) is 23.7 Å². The third-order valence-electron chi connectivity index (χ3n) is 4.86. The predicted octanol–water partition coefficient (Wildman–Crippen LogP) is 1.44. The van der Waals surface area contributed by atoms with Crippen LogP contribution in [-0.2, 0) is 14.5 Å². The number of nitrogens with zero attached hydrogens (tertiary/aromatic N) is 3. The highest BCUT2D eigenvalue weighted by Crippen LogP contribution is 2.32. The highest BCUT2D eigenvalue weighted by atomic mass is 35.5. The molecule has 10 nitrogen and oxygen atoms in total. The quantitative estimate of drug-likeness (QED) is 0.450. The molecule has 0 amide bonds. The van der Waals surface area contributed by atoms with Crippen LogP contribution in [0, 0.1) is 5.92 Å². The SMILES string of the molecule is NS(=O)(=O)OC[C@@H]1C[C@@H](Nc2ncnc3[nH]c(-c4ccccc4Cl)nc23)C[C@@H]1O. The van der Waals surface area contributed by atoms with Crippen molar-refractivity contribution in [1.82, 2.24) is 19.9 Å². The summed E-state index contributed by atoms with van der Waals surface area (Å²) in [6.45, 7) is -0.170. The van der Waals surface area contributed by atoms with Crippen LogP contribution < -0.4 is 10.5 Å². The molecule has 2 heterocycles. The van der Waals surface area contributed by atoms with Crippen LogP contribution in [0.3, 0.4) is 0 Å². The lowest BCUT2D eigenvalue weighted by molar-refractivity contribution is 0.101. The fourth-order valence-electron chi connectivity index (χ4n) is 3.49. The van der Waals surface area contributed by atoms with E-state index in [-0.39, 0.29) is 18.6 Å². The van der Waals surface area contributed by atoms with Crippen LogP contribution in [0.2, 0.25) is 5.02 Å². The van der Waals surface area contributed by atoms with E-state index in [0.29, 0.717) is 40.7 Å². The largest absolute Gasteiger partial charge is 0.393 e. The first-order valence-corrected chi connectivity index (χ1v) is 10.7. The Bertz CT molecular complexity index is 1140. The summed E-state index contributed by atoms with van der Waals surface area (Å²) in [5.41, 5.74) is 1.83. The monoisotopic (exact) mass is 438 g/mol. The smallest absolute Gasteiger partial charge is 0.333 e. The van der Waals surface area contributed by atoms with Crippen molar-refractivity contribution in [2.45, 2.75) is 25.0 Å². The first kappa shape index (κ1) is 20.0. The number of hydrogen-bond donors (Lipinski definition) is 4. The van der Waals surface area contributed by atoms with Crippen molar-refractivity contribution in [1.29, 1.82) is 0 Å². The molecular weight excluding hydrogens is 420 g/mol. The molecule has 1 saturated carbocycles. The summed E-state index contributed by atoms with van der Waals surface area (Å²) in [6.07, 6.45) is 1.59. The van der Waals surface area contributed by atoms with Crippen LogP contribution in [0.25, 0.3) is 22.6 Å². The standard InChI is InChI=1S/C17H19ClN6O4S/c18-12-4-2-1-3-11(12)15-23-14-16(20-8-21-17(14)24-15)22-10-5-9(13(25)6-10)7-28-29(19,26)27/h1-4,8-10,13,25H,5-7H2,(H2,19,26,27)(H2,20,21,22,23,24)/t9-,10+,13-/m0/s1. The zero-order chi connectivity index (χ0) is 20.6. The zero-order valence-corrected chi connectivity index (χ0v) is 16.7. The van der Waals surface area contributed by atoms with Crippen molar-refractivity contribution in [2.24, 2.45) is 11.1 Å². The molecule has 0 bridgehead atoms. The highest BCUT2D eigenvalue weighted by molar-refractivity contribution is 7.84. The maximum absolute atomic E-state index is 11.0. The molecule has 0 spiro atoms. The van der Waals surface area contributed by atoms with E-state index in [1.54, 1.807) is 6.07 Å². The van der Waals surface area contributed by atoms with Crippen molar-refractivity contribution in [3.05, 3.63) is 35.6 Å². The Morgan fingerprint density at radius 1 is 1.31 bits per heavy atom. The van der Waals surface area contributed by atoms with Gasteiger partial charge in [-0.25, -0.2) is 20.1 Å². The molecule has 0 unspecified atom stereocenters. The first-order chi connectivity index (χ1) is 13.8. The second-order valence-electron chi connectivity index (χ2n) is 6.90. The average molecular weight is 439 g/mol. The number of hydrogen-bond acceptors (Lipinski definition) is 8. The molecule has 0 aliphatic heterocycles. The number of aromatic nitrogens is 4. The maximum Gasteiger partial charge on any atom is 0.333 e. The van der Waals surface area contributed by atoms with Gasteiger partial charge in [0.2, 0.25) is 0 Å². The molecule has 3 atom stereocenters. The number of aliphatic hydroxyl groups is 1. The molecule has 5 N–H and O–H groups in total. The summed E-state index contributed by atoms with van der Waals surface area (Å²) in [5.74, 6) is 0.718. The molecule has 1 aromatic carbocycles. The van der Waals surface area contributed by atoms with E-state index in [4.69, 9.17) is 16.7 Å². The second kappa shape index (κ2) is 7.84. The lowest BCUT2D eigenvalue weighted by atomic mass is 10.1. The van der Waals surface area contributed by atoms with E-state index >= 15 is 0 Å². The molecule has 4 rings (SSSR count). The van der Waals surface area contributed by atoms with Gasteiger partial charge in [0.1, 0.15) is 12.2 Å². The minimum atomic E-state index is -4.04. The van der Waals surface area contributed by atoms with Crippen molar-refractivity contribution >= 4 is 38.9 Å². The lowest BCUT2D eigenvalue weighted by Gasteiger charge is -2.13. The second-order valence-corrected chi connectivity index (χ2v) is 8.53. The van der Waals surface area contributed by atoms with E-state index in [9.17, 15) is 13.5 Å². The van der Waals surface area contributed by atoms with Crippen LogP contribution in [0.4, 0.5) is 5.82 Å².